The number of hydrogen-bond donors (Lipinski definition) is 2. The van der Waals surface area contributed by atoms with Gasteiger partial charge in [0.2, 0.25) is 0 Å². The molecule has 0 saturated heterocycles. The molecule has 0 unspecified atom stereocenters. The number of nitrogens with one attached hydrogen (secondary N) is 1. The van der Waals surface area contributed by atoms with Crippen LogP contribution in [0.4, 0.5) is 11.4 Å². The lowest BCUT2D eigenvalue weighted by Crippen LogP contribution is -2.07. The van der Waals surface area contributed by atoms with Crippen LogP contribution in [0.3, 0.4) is 0 Å². The molecule has 55 heavy (non-hydrogen) atoms. The minimum atomic E-state index is 0.209. The van der Waals surface area contributed by atoms with Crippen LogP contribution in [0, 0.1) is 13.8 Å². The van der Waals surface area contributed by atoms with Crippen molar-refractivity contribution in [2.45, 2.75) is 74.0 Å². The molecule has 6 aromatic heterocycles. The monoisotopic (exact) mass is 742 g/mol. The molecule has 0 aliphatic rings. The zero-order chi connectivity index (χ0) is 39.2. The third-order valence-electron chi connectivity index (χ3n) is 9.01. The number of methoxy groups -OCH3 is 1. The van der Waals surface area contributed by atoms with Gasteiger partial charge in [0.05, 0.1) is 66.9 Å². The fraction of sp³-hybridized carbons (Fsp3) is 0.333. The molecule has 0 radical (unpaired) electrons. The molecule has 0 aliphatic carbocycles. The van der Waals surface area contributed by atoms with E-state index >= 15 is 0 Å². The molecule has 3 N–H and O–H groups in total. The number of hydrogen-bond acceptors (Lipinski definition) is 11. The number of fused-ring (bicyclic) bond motifs is 2. The molecule has 7 aromatic rings. The van der Waals surface area contributed by atoms with Gasteiger partial charge in [-0.05, 0) is 97.4 Å². The van der Waals surface area contributed by atoms with Gasteiger partial charge in [0.1, 0.15) is 39.3 Å². The van der Waals surface area contributed by atoms with E-state index in [1.807, 2.05) is 67.4 Å². The summed E-state index contributed by atoms with van der Waals surface area (Å²) < 4.78 is 20.7. The summed E-state index contributed by atoms with van der Waals surface area (Å²) in [6, 6.07) is 16.3. The van der Waals surface area contributed by atoms with E-state index < -0.39 is 0 Å². The molecule has 286 valence electrons. The van der Waals surface area contributed by atoms with Crippen LogP contribution in [0.5, 0.6) is 17.2 Å². The standard InChI is InChI=1S/C25H29N5O2.C17H21N5O/c1-6-32-23-15-26-12-11-20(23)21-13-22(27-14-18-7-9-19(31-5)10-8-18)25-24(28-21)17(4)29-30(25)16(2)3;1-5-23-15-9-19-7-6-12(15)14-8-13(18)17-16(20-14)11(4)21-22(17)10(2)3/h7-13,15-16H,6,14H2,1-5H3,(H,27,28);6-10H,5H2,1-4H3,(H2,18,20). The predicted octanol–water partition coefficient (Wildman–Crippen LogP) is 8.77. The third-order valence-corrected chi connectivity index (χ3v) is 9.01. The van der Waals surface area contributed by atoms with Gasteiger partial charge in [-0.1, -0.05) is 12.1 Å². The topological polar surface area (TPSA) is 153 Å². The van der Waals surface area contributed by atoms with Gasteiger partial charge in [0, 0.05) is 42.1 Å². The first-order valence-corrected chi connectivity index (χ1v) is 18.6. The van der Waals surface area contributed by atoms with E-state index in [1.165, 1.54) is 0 Å². The van der Waals surface area contributed by atoms with Crippen LogP contribution >= 0.6 is 0 Å². The summed E-state index contributed by atoms with van der Waals surface area (Å²) in [5.41, 5.74) is 17.9. The van der Waals surface area contributed by atoms with E-state index in [0.29, 0.717) is 31.2 Å². The lowest BCUT2D eigenvalue weighted by molar-refractivity contribution is 0.340. The number of nitrogen functional groups attached to an aromatic ring is 1. The predicted molar refractivity (Wildman–Crippen MR) is 219 cm³/mol. The third kappa shape index (κ3) is 8.15. The van der Waals surface area contributed by atoms with Crippen LogP contribution in [0.25, 0.3) is 44.6 Å². The van der Waals surface area contributed by atoms with Crippen molar-refractivity contribution in [2.24, 2.45) is 0 Å². The quantitative estimate of drug-likeness (QED) is 0.124. The van der Waals surface area contributed by atoms with Crippen molar-refractivity contribution in [3.05, 3.63) is 90.3 Å². The second kappa shape index (κ2) is 16.8. The van der Waals surface area contributed by atoms with E-state index in [0.717, 1.165) is 78.7 Å². The van der Waals surface area contributed by atoms with E-state index in [-0.39, 0.29) is 12.1 Å². The van der Waals surface area contributed by atoms with Crippen molar-refractivity contribution in [2.75, 3.05) is 31.4 Å². The molecule has 0 spiro atoms. The smallest absolute Gasteiger partial charge is 0.146 e. The Morgan fingerprint density at radius 3 is 1.73 bits per heavy atom. The maximum absolute atomic E-state index is 6.31. The molecule has 0 atom stereocenters. The molecule has 0 saturated carbocycles. The number of aromatic nitrogens is 8. The summed E-state index contributed by atoms with van der Waals surface area (Å²) in [6.45, 7) is 18.1. The maximum Gasteiger partial charge on any atom is 0.146 e. The molecule has 0 fully saturated rings. The van der Waals surface area contributed by atoms with Gasteiger partial charge in [0.25, 0.3) is 0 Å². The Labute approximate surface area is 321 Å². The van der Waals surface area contributed by atoms with Crippen molar-refractivity contribution >= 4 is 33.4 Å². The zero-order valence-electron chi connectivity index (χ0n) is 33.1. The summed E-state index contributed by atoms with van der Waals surface area (Å²) in [5.74, 6) is 2.27. The Kier molecular flexibility index (Phi) is 11.8. The van der Waals surface area contributed by atoms with Crippen molar-refractivity contribution < 1.29 is 14.2 Å². The number of nitrogens with zero attached hydrogens (tertiary/aromatic N) is 8. The van der Waals surface area contributed by atoms with Crippen LogP contribution in [0.15, 0.2) is 73.3 Å². The minimum absolute atomic E-state index is 0.209. The first-order chi connectivity index (χ1) is 26.5. The van der Waals surface area contributed by atoms with Crippen LogP contribution in [0.1, 0.15) is 70.6 Å². The average molecular weight is 743 g/mol. The number of nitrogens with two attached hydrogens (primary N) is 1. The number of rotatable bonds is 12. The Morgan fingerprint density at radius 2 is 1.22 bits per heavy atom. The largest absolute Gasteiger partial charge is 0.497 e. The van der Waals surface area contributed by atoms with Gasteiger partial charge in [-0.2, -0.15) is 10.2 Å². The highest BCUT2D eigenvalue weighted by Gasteiger charge is 2.20. The molecule has 13 heteroatoms. The Morgan fingerprint density at radius 1 is 0.709 bits per heavy atom. The molecule has 13 nitrogen and oxygen atoms in total. The molecule has 7 rings (SSSR count). The van der Waals surface area contributed by atoms with Crippen molar-refractivity contribution in [3.8, 4) is 39.8 Å². The summed E-state index contributed by atoms with van der Waals surface area (Å²) in [4.78, 5) is 18.1. The second-order valence-corrected chi connectivity index (χ2v) is 13.6. The molecule has 0 aliphatic heterocycles. The summed E-state index contributed by atoms with van der Waals surface area (Å²) >= 11 is 0. The lowest BCUT2D eigenvalue weighted by Gasteiger charge is -2.15. The maximum atomic E-state index is 6.31. The van der Waals surface area contributed by atoms with Gasteiger partial charge in [-0.15, -0.1) is 0 Å². The number of pyridine rings is 4. The van der Waals surface area contributed by atoms with Crippen LogP contribution in [0.2, 0.25) is 0 Å². The zero-order valence-corrected chi connectivity index (χ0v) is 33.1. The number of anilines is 2. The van der Waals surface area contributed by atoms with Crippen LogP contribution in [-0.2, 0) is 6.54 Å². The van der Waals surface area contributed by atoms with E-state index in [1.54, 1.807) is 31.9 Å². The molecule has 6 heterocycles. The van der Waals surface area contributed by atoms with Crippen molar-refractivity contribution in [1.82, 2.24) is 39.5 Å². The number of benzene rings is 1. The van der Waals surface area contributed by atoms with Gasteiger partial charge in [0.15, 0.2) is 0 Å². The average Bonchev–Trinajstić information content (AvgIpc) is 3.72. The van der Waals surface area contributed by atoms with E-state index in [2.05, 4.69) is 66.3 Å². The van der Waals surface area contributed by atoms with Gasteiger partial charge < -0.3 is 25.3 Å². The second-order valence-electron chi connectivity index (χ2n) is 13.6. The molecular formula is C42H50N10O3. The number of ether oxygens (including phenoxy) is 3. The van der Waals surface area contributed by atoms with E-state index in [9.17, 15) is 0 Å². The first-order valence-electron chi connectivity index (χ1n) is 18.6. The highest BCUT2D eigenvalue weighted by molar-refractivity contribution is 5.94. The van der Waals surface area contributed by atoms with Crippen LogP contribution in [-0.4, -0.2) is 59.8 Å². The molecular weight excluding hydrogens is 693 g/mol. The summed E-state index contributed by atoms with van der Waals surface area (Å²) in [6.07, 6.45) is 6.92. The summed E-state index contributed by atoms with van der Waals surface area (Å²) in [7, 11) is 1.67. The Balaban J connectivity index is 0.000000197. The molecule has 0 amide bonds. The first kappa shape index (κ1) is 38.5. The highest BCUT2D eigenvalue weighted by Crippen LogP contribution is 2.36. The summed E-state index contributed by atoms with van der Waals surface area (Å²) in [5, 5.41) is 13.0. The van der Waals surface area contributed by atoms with E-state index in [4.69, 9.17) is 35.0 Å². The normalized spacial score (nSPS) is 11.3. The van der Waals surface area contributed by atoms with Crippen molar-refractivity contribution in [1.29, 1.82) is 0 Å². The molecule has 0 bridgehead atoms. The van der Waals surface area contributed by atoms with Gasteiger partial charge in [-0.3, -0.25) is 19.3 Å². The fourth-order valence-electron chi connectivity index (χ4n) is 6.41. The Hall–Kier alpha value is -6.24. The minimum Gasteiger partial charge on any atom is -0.497 e. The van der Waals surface area contributed by atoms with Gasteiger partial charge in [-0.25, -0.2) is 9.97 Å². The Bertz CT molecular complexity index is 2400. The SMILES string of the molecule is CCOc1cnccc1-c1cc(N)c2c(n1)c(C)nn2C(C)C.CCOc1cnccc1-c1cc(NCc2ccc(OC)cc2)c2c(n1)c(C)nn2C(C)C. The number of aryl methyl sites for hydroxylation is 2. The molecule has 1 aromatic carbocycles. The van der Waals surface area contributed by atoms with Crippen LogP contribution < -0.4 is 25.3 Å². The van der Waals surface area contributed by atoms with Crippen molar-refractivity contribution in [3.63, 3.8) is 0 Å². The fourth-order valence-corrected chi connectivity index (χ4v) is 6.41. The highest BCUT2D eigenvalue weighted by atomic mass is 16.5. The lowest BCUT2D eigenvalue weighted by atomic mass is 10.1. The van der Waals surface area contributed by atoms with Gasteiger partial charge >= 0.3 is 0 Å².